The van der Waals surface area contributed by atoms with Crippen LogP contribution in [0.15, 0.2) is 54.6 Å². The van der Waals surface area contributed by atoms with Crippen LogP contribution in [-0.4, -0.2) is 19.2 Å². The maximum Gasteiger partial charge on any atom is 0.306 e. The maximum absolute atomic E-state index is 12.1. The summed E-state index contributed by atoms with van der Waals surface area (Å²) < 4.78 is 11.0. The number of carbonyl (C=O) groups is 1. The largest absolute Gasteiger partial charge is 0.460 e. The van der Waals surface area contributed by atoms with E-state index in [0.29, 0.717) is 17.9 Å². The Kier molecular flexibility index (Phi) is 6.63. The summed E-state index contributed by atoms with van der Waals surface area (Å²) >= 11 is 6.20. The third kappa shape index (κ3) is 5.08. The molecular formula is C19H21ClO3. The van der Waals surface area contributed by atoms with E-state index in [1.165, 1.54) is 0 Å². The van der Waals surface area contributed by atoms with Crippen molar-refractivity contribution in [1.82, 2.24) is 0 Å². The Bertz CT molecular complexity index is 628. The lowest BCUT2D eigenvalue weighted by atomic mass is 10.0. The lowest BCUT2D eigenvalue weighted by Gasteiger charge is -2.24. The molecule has 122 valence electrons. The van der Waals surface area contributed by atoms with Crippen molar-refractivity contribution in [2.24, 2.45) is 0 Å². The summed E-state index contributed by atoms with van der Waals surface area (Å²) in [4.78, 5) is 12.1. The summed E-state index contributed by atoms with van der Waals surface area (Å²) in [6, 6.07) is 17.3. The Morgan fingerprint density at radius 2 is 1.74 bits per heavy atom. The fraction of sp³-hybridized carbons (Fsp3) is 0.316. The molecular weight excluding hydrogens is 312 g/mol. The Morgan fingerprint density at radius 3 is 2.39 bits per heavy atom. The zero-order valence-corrected chi connectivity index (χ0v) is 14.1. The van der Waals surface area contributed by atoms with Gasteiger partial charge in [-0.15, -0.1) is 0 Å². The summed E-state index contributed by atoms with van der Waals surface area (Å²) in [6.07, 6.45) is 0.205. The Balaban J connectivity index is 1.92. The van der Waals surface area contributed by atoms with Gasteiger partial charge in [-0.1, -0.05) is 60.1 Å². The van der Waals surface area contributed by atoms with Crippen LogP contribution in [0, 0.1) is 0 Å². The fourth-order valence-corrected chi connectivity index (χ4v) is 2.74. The molecule has 3 nitrogen and oxygen atoms in total. The zero-order valence-electron chi connectivity index (χ0n) is 13.4. The summed E-state index contributed by atoms with van der Waals surface area (Å²) in [6.45, 7) is 1.82. The van der Waals surface area contributed by atoms with Crippen LogP contribution >= 0.6 is 11.6 Å². The average molecular weight is 333 g/mol. The van der Waals surface area contributed by atoms with Crippen molar-refractivity contribution in [3.63, 3.8) is 0 Å². The molecule has 0 aliphatic carbocycles. The van der Waals surface area contributed by atoms with Crippen molar-refractivity contribution < 1.29 is 14.3 Å². The van der Waals surface area contributed by atoms with Crippen LogP contribution in [-0.2, 0) is 20.7 Å². The van der Waals surface area contributed by atoms with Crippen molar-refractivity contribution in [1.29, 1.82) is 0 Å². The lowest BCUT2D eigenvalue weighted by molar-refractivity contribution is -0.155. The average Bonchev–Trinajstić information content (AvgIpc) is 2.56. The van der Waals surface area contributed by atoms with Crippen LogP contribution in [0.25, 0.3) is 0 Å². The van der Waals surface area contributed by atoms with Gasteiger partial charge in [0.05, 0.1) is 0 Å². The third-order valence-electron chi connectivity index (χ3n) is 3.67. The first kappa shape index (κ1) is 17.5. The zero-order chi connectivity index (χ0) is 16.7. The minimum Gasteiger partial charge on any atom is -0.460 e. The van der Waals surface area contributed by atoms with E-state index in [-0.39, 0.29) is 12.1 Å². The van der Waals surface area contributed by atoms with Crippen molar-refractivity contribution in [2.45, 2.75) is 32.0 Å². The van der Waals surface area contributed by atoms with E-state index >= 15 is 0 Å². The number of aryl methyl sites for hydroxylation is 1. The van der Waals surface area contributed by atoms with Crippen LogP contribution in [0.2, 0.25) is 5.02 Å². The second-order valence-electron chi connectivity index (χ2n) is 5.36. The van der Waals surface area contributed by atoms with Crippen molar-refractivity contribution in [3.8, 4) is 0 Å². The molecule has 0 saturated heterocycles. The minimum absolute atomic E-state index is 0.240. The molecule has 0 radical (unpaired) electrons. The SMILES string of the molecule is CO[C@H](c1ccccc1Cl)[C@@H](C)OC(=O)CCc1ccccc1. The molecule has 0 aliphatic rings. The van der Waals surface area contributed by atoms with Gasteiger partial charge < -0.3 is 9.47 Å². The molecule has 0 amide bonds. The van der Waals surface area contributed by atoms with Gasteiger partial charge in [0.15, 0.2) is 0 Å². The highest BCUT2D eigenvalue weighted by molar-refractivity contribution is 6.31. The molecule has 0 aliphatic heterocycles. The monoisotopic (exact) mass is 332 g/mol. The smallest absolute Gasteiger partial charge is 0.306 e. The van der Waals surface area contributed by atoms with Gasteiger partial charge >= 0.3 is 5.97 Å². The molecule has 2 rings (SSSR count). The predicted molar refractivity (Wildman–Crippen MR) is 91.5 cm³/mol. The van der Waals surface area contributed by atoms with Gasteiger partial charge in [0.25, 0.3) is 0 Å². The van der Waals surface area contributed by atoms with Crippen LogP contribution in [0.4, 0.5) is 0 Å². The second kappa shape index (κ2) is 8.70. The van der Waals surface area contributed by atoms with Crippen molar-refractivity contribution in [2.75, 3.05) is 7.11 Å². The van der Waals surface area contributed by atoms with E-state index in [1.807, 2.05) is 55.5 Å². The normalized spacial score (nSPS) is 13.3. The van der Waals surface area contributed by atoms with Gasteiger partial charge in [-0.25, -0.2) is 0 Å². The molecule has 0 heterocycles. The van der Waals surface area contributed by atoms with Crippen LogP contribution < -0.4 is 0 Å². The molecule has 2 atom stereocenters. The summed E-state index contributed by atoms with van der Waals surface area (Å²) in [7, 11) is 1.59. The van der Waals surface area contributed by atoms with Crippen LogP contribution in [0.5, 0.6) is 0 Å². The van der Waals surface area contributed by atoms with E-state index in [0.717, 1.165) is 11.1 Å². The molecule has 0 spiro atoms. The van der Waals surface area contributed by atoms with Crippen LogP contribution in [0.1, 0.15) is 30.6 Å². The minimum atomic E-state index is -0.414. The highest BCUT2D eigenvalue weighted by Crippen LogP contribution is 2.29. The molecule has 0 N–H and O–H groups in total. The standard InChI is InChI=1S/C19H21ClO3/c1-14(19(22-2)16-10-6-7-11-17(16)20)23-18(21)13-12-15-8-4-3-5-9-15/h3-11,14,19H,12-13H2,1-2H3/t14-,19+/m1/s1. The number of hydrogen-bond acceptors (Lipinski definition) is 3. The fourth-order valence-electron chi connectivity index (χ4n) is 2.50. The van der Waals surface area contributed by atoms with E-state index in [9.17, 15) is 4.79 Å². The van der Waals surface area contributed by atoms with Crippen molar-refractivity contribution >= 4 is 17.6 Å². The number of methoxy groups -OCH3 is 1. The van der Waals surface area contributed by atoms with Gasteiger partial charge in [-0.05, 0) is 25.0 Å². The summed E-state index contributed by atoms with van der Waals surface area (Å²) in [5.74, 6) is -0.240. The first-order valence-electron chi connectivity index (χ1n) is 7.62. The number of halogens is 1. The quantitative estimate of drug-likeness (QED) is 0.695. The van der Waals surface area contributed by atoms with E-state index in [4.69, 9.17) is 21.1 Å². The second-order valence-corrected chi connectivity index (χ2v) is 5.77. The molecule has 0 unspecified atom stereocenters. The van der Waals surface area contributed by atoms with Gasteiger partial charge in [0.2, 0.25) is 0 Å². The van der Waals surface area contributed by atoms with E-state index in [1.54, 1.807) is 13.2 Å². The number of benzene rings is 2. The van der Waals surface area contributed by atoms with Gasteiger partial charge in [0, 0.05) is 24.1 Å². The molecule has 2 aromatic rings. The highest BCUT2D eigenvalue weighted by Gasteiger charge is 2.24. The predicted octanol–water partition coefficient (Wildman–Crippen LogP) is 4.59. The molecule has 0 bridgehead atoms. The Morgan fingerprint density at radius 1 is 1.09 bits per heavy atom. The molecule has 23 heavy (non-hydrogen) atoms. The molecule has 0 saturated carbocycles. The number of ether oxygens (including phenoxy) is 2. The molecule has 0 fully saturated rings. The Hall–Kier alpha value is -1.84. The van der Waals surface area contributed by atoms with E-state index < -0.39 is 6.10 Å². The topological polar surface area (TPSA) is 35.5 Å². The van der Waals surface area contributed by atoms with Gasteiger partial charge in [-0.3, -0.25) is 4.79 Å². The first-order valence-corrected chi connectivity index (χ1v) is 8.00. The first-order chi connectivity index (χ1) is 11.1. The van der Waals surface area contributed by atoms with Crippen molar-refractivity contribution in [3.05, 3.63) is 70.7 Å². The number of esters is 1. The van der Waals surface area contributed by atoms with Gasteiger partial charge in [0.1, 0.15) is 12.2 Å². The van der Waals surface area contributed by atoms with E-state index in [2.05, 4.69) is 0 Å². The third-order valence-corrected chi connectivity index (χ3v) is 4.01. The lowest BCUT2D eigenvalue weighted by Crippen LogP contribution is -2.24. The molecule has 2 aromatic carbocycles. The van der Waals surface area contributed by atoms with Crippen LogP contribution in [0.3, 0.4) is 0 Å². The number of rotatable bonds is 7. The Labute approximate surface area is 142 Å². The summed E-state index contributed by atoms with van der Waals surface area (Å²) in [5.41, 5.74) is 1.94. The highest BCUT2D eigenvalue weighted by atomic mass is 35.5. The maximum atomic E-state index is 12.1. The number of carbonyl (C=O) groups excluding carboxylic acids is 1. The number of hydrogen-bond donors (Lipinski definition) is 0. The molecule has 4 heteroatoms. The molecule has 0 aromatic heterocycles. The van der Waals surface area contributed by atoms with Gasteiger partial charge in [-0.2, -0.15) is 0 Å². The summed E-state index contributed by atoms with van der Waals surface area (Å²) in [5, 5.41) is 0.603.